The lowest BCUT2D eigenvalue weighted by atomic mass is 9.86. The Hall–Kier alpha value is -3.39. The van der Waals surface area contributed by atoms with E-state index >= 15 is 0 Å². The summed E-state index contributed by atoms with van der Waals surface area (Å²) in [7, 11) is 0. The molecule has 7 nitrogen and oxygen atoms in total. The fourth-order valence-electron chi connectivity index (χ4n) is 4.15. The van der Waals surface area contributed by atoms with Gasteiger partial charge in [0.05, 0.1) is 16.4 Å². The van der Waals surface area contributed by atoms with E-state index in [4.69, 9.17) is 34.8 Å². The van der Waals surface area contributed by atoms with Gasteiger partial charge in [0.2, 0.25) is 5.91 Å². The van der Waals surface area contributed by atoms with E-state index in [1.807, 2.05) is 52.0 Å². The molecular weight excluding hydrogens is 557 g/mol. The highest BCUT2D eigenvalue weighted by Gasteiger charge is 2.34. The van der Waals surface area contributed by atoms with Gasteiger partial charge in [-0.3, -0.25) is 14.6 Å². The molecule has 1 unspecified atom stereocenters. The minimum absolute atomic E-state index is 0.169. The number of amides is 2. The number of nitrogens with zero attached hydrogens (tertiary/aromatic N) is 3. The van der Waals surface area contributed by atoms with E-state index in [1.54, 1.807) is 47.4 Å². The summed E-state index contributed by atoms with van der Waals surface area (Å²) in [5.74, 6) is -0.783. The van der Waals surface area contributed by atoms with Crippen LogP contribution in [-0.2, 0) is 11.3 Å². The molecule has 2 aromatic heterocycles. The highest BCUT2D eigenvalue weighted by Crippen LogP contribution is 2.33. The first kappa shape index (κ1) is 28.6. The largest absolute Gasteiger partial charge is 0.350 e. The van der Waals surface area contributed by atoms with Crippen LogP contribution < -0.4 is 10.6 Å². The number of rotatable bonds is 7. The molecule has 2 amide bonds. The molecule has 0 aliphatic rings. The Labute approximate surface area is 242 Å². The Kier molecular flexibility index (Phi) is 8.64. The predicted octanol–water partition coefficient (Wildman–Crippen LogP) is 6.66. The van der Waals surface area contributed by atoms with Crippen molar-refractivity contribution in [3.8, 4) is 16.9 Å². The SMILES string of the molecule is Cc1c(C(=O)NC(C(=O)NCc2ccncc2)C(C)(C)C)nn(-c2ccc(Cl)cc2Cl)c1-c1ccc(Cl)cc1. The van der Waals surface area contributed by atoms with Crippen molar-refractivity contribution in [1.29, 1.82) is 0 Å². The van der Waals surface area contributed by atoms with Gasteiger partial charge in [0.15, 0.2) is 5.69 Å². The van der Waals surface area contributed by atoms with Gasteiger partial charge in [-0.05, 0) is 60.4 Å². The van der Waals surface area contributed by atoms with Crippen molar-refractivity contribution in [2.75, 3.05) is 0 Å². The molecule has 0 saturated carbocycles. The summed E-state index contributed by atoms with van der Waals surface area (Å²) in [6.07, 6.45) is 3.32. The Morgan fingerprint density at radius 2 is 1.59 bits per heavy atom. The van der Waals surface area contributed by atoms with Crippen molar-refractivity contribution in [2.45, 2.75) is 40.3 Å². The highest BCUT2D eigenvalue weighted by atomic mass is 35.5. The van der Waals surface area contributed by atoms with Crippen LogP contribution in [0.3, 0.4) is 0 Å². The van der Waals surface area contributed by atoms with Crippen LogP contribution in [0.2, 0.25) is 15.1 Å². The van der Waals surface area contributed by atoms with E-state index in [0.717, 1.165) is 11.1 Å². The van der Waals surface area contributed by atoms with Gasteiger partial charge in [-0.15, -0.1) is 0 Å². The highest BCUT2D eigenvalue weighted by molar-refractivity contribution is 6.35. The molecule has 0 spiro atoms. The number of benzene rings is 2. The van der Waals surface area contributed by atoms with Gasteiger partial charge in [-0.25, -0.2) is 4.68 Å². The standard InChI is InChI=1S/C29H28Cl3N5O2/c1-17-24(27(38)35-26(29(2,3)4)28(39)34-16-18-11-13-33-14-12-18)36-37(23-10-9-21(31)15-22(23)32)25(17)19-5-7-20(30)8-6-19/h5-15,26H,16H2,1-4H3,(H,34,39)(H,35,38). The average Bonchev–Trinajstić information content (AvgIpc) is 3.23. The maximum Gasteiger partial charge on any atom is 0.272 e. The van der Waals surface area contributed by atoms with Gasteiger partial charge >= 0.3 is 0 Å². The molecule has 4 aromatic rings. The minimum atomic E-state index is -0.825. The molecular formula is C29H28Cl3N5O2. The Morgan fingerprint density at radius 1 is 0.949 bits per heavy atom. The fraction of sp³-hybridized carbons (Fsp3) is 0.241. The number of hydrogen-bond acceptors (Lipinski definition) is 4. The Bertz CT molecular complexity index is 1500. The summed E-state index contributed by atoms with van der Waals surface area (Å²) in [6.45, 7) is 7.79. The summed E-state index contributed by atoms with van der Waals surface area (Å²) in [6, 6.07) is 15.1. The van der Waals surface area contributed by atoms with E-state index in [0.29, 0.717) is 38.6 Å². The predicted molar refractivity (Wildman–Crippen MR) is 156 cm³/mol. The van der Waals surface area contributed by atoms with Crippen LogP contribution in [0.4, 0.5) is 0 Å². The lowest BCUT2D eigenvalue weighted by Crippen LogP contribution is -2.53. The molecule has 2 N–H and O–H groups in total. The van der Waals surface area contributed by atoms with Crippen LogP contribution in [0.25, 0.3) is 16.9 Å². The number of pyridine rings is 1. The number of halogens is 3. The zero-order valence-corrected chi connectivity index (χ0v) is 24.2. The van der Waals surface area contributed by atoms with Crippen molar-refractivity contribution in [3.63, 3.8) is 0 Å². The first-order valence-electron chi connectivity index (χ1n) is 12.2. The first-order chi connectivity index (χ1) is 18.5. The van der Waals surface area contributed by atoms with Crippen LogP contribution >= 0.6 is 34.8 Å². The molecule has 202 valence electrons. The van der Waals surface area contributed by atoms with Crippen LogP contribution in [-0.4, -0.2) is 32.6 Å². The number of hydrogen-bond donors (Lipinski definition) is 2. The average molecular weight is 585 g/mol. The fourth-order valence-corrected chi connectivity index (χ4v) is 4.77. The quantitative estimate of drug-likeness (QED) is 0.254. The molecule has 2 heterocycles. The van der Waals surface area contributed by atoms with Crippen LogP contribution in [0.15, 0.2) is 67.0 Å². The second-order valence-electron chi connectivity index (χ2n) is 10.2. The summed E-state index contributed by atoms with van der Waals surface area (Å²) in [4.78, 5) is 30.9. The third-order valence-electron chi connectivity index (χ3n) is 6.21. The normalized spacial score (nSPS) is 12.2. The van der Waals surface area contributed by atoms with Gasteiger partial charge in [0, 0.05) is 40.1 Å². The second kappa shape index (κ2) is 11.8. The van der Waals surface area contributed by atoms with E-state index in [2.05, 4.69) is 20.7 Å². The monoisotopic (exact) mass is 583 g/mol. The molecule has 0 saturated heterocycles. The van der Waals surface area contributed by atoms with Crippen molar-refractivity contribution in [2.24, 2.45) is 5.41 Å². The Balaban J connectivity index is 1.70. The van der Waals surface area contributed by atoms with E-state index in [-0.39, 0.29) is 11.6 Å². The topological polar surface area (TPSA) is 88.9 Å². The maximum atomic E-state index is 13.7. The van der Waals surface area contributed by atoms with Gasteiger partial charge in [-0.2, -0.15) is 5.10 Å². The molecule has 2 aromatic carbocycles. The summed E-state index contributed by atoms with van der Waals surface area (Å²) in [5, 5.41) is 11.9. The zero-order valence-electron chi connectivity index (χ0n) is 21.9. The molecule has 0 bridgehead atoms. The minimum Gasteiger partial charge on any atom is -0.350 e. The number of aromatic nitrogens is 3. The van der Waals surface area contributed by atoms with Crippen molar-refractivity contribution < 1.29 is 9.59 Å². The number of carbonyl (C=O) groups excluding carboxylic acids is 2. The molecule has 0 fully saturated rings. The molecule has 4 rings (SSSR count). The molecule has 10 heteroatoms. The summed E-state index contributed by atoms with van der Waals surface area (Å²) in [5.41, 5.74) is 3.11. The van der Waals surface area contributed by atoms with E-state index in [9.17, 15) is 9.59 Å². The summed E-state index contributed by atoms with van der Waals surface area (Å²) < 4.78 is 1.61. The van der Waals surface area contributed by atoms with Crippen LogP contribution in [0.1, 0.15) is 42.4 Å². The maximum absolute atomic E-state index is 13.7. The third kappa shape index (κ3) is 6.61. The third-order valence-corrected chi connectivity index (χ3v) is 7.00. The van der Waals surface area contributed by atoms with Crippen molar-refractivity contribution in [3.05, 3.63) is 98.9 Å². The van der Waals surface area contributed by atoms with Crippen molar-refractivity contribution in [1.82, 2.24) is 25.4 Å². The molecule has 0 aliphatic carbocycles. The molecule has 39 heavy (non-hydrogen) atoms. The first-order valence-corrected chi connectivity index (χ1v) is 13.4. The number of nitrogens with one attached hydrogen (secondary N) is 2. The molecule has 0 aliphatic heterocycles. The van der Waals surface area contributed by atoms with E-state index in [1.165, 1.54) is 0 Å². The number of carbonyl (C=O) groups is 2. The molecule has 1 atom stereocenters. The zero-order chi connectivity index (χ0) is 28.3. The lowest BCUT2D eigenvalue weighted by molar-refractivity contribution is -0.125. The van der Waals surface area contributed by atoms with Crippen LogP contribution in [0.5, 0.6) is 0 Å². The van der Waals surface area contributed by atoms with Crippen LogP contribution in [0, 0.1) is 12.3 Å². The van der Waals surface area contributed by atoms with E-state index < -0.39 is 17.4 Å². The van der Waals surface area contributed by atoms with Gasteiger partial charge in [-0.1, -0.05) is 67.7 Å². The van der Waals surface area contributed by atoms with Gasteiger partial charge < -0.3 is 10.6 Å². The van der Waals surface area contributed by atoms with Crippen molar-refractivity contribution >= 4 is 46.6 Å². The van der Waals surface area contributed by atoms with Gasteiger partial charge in [0.1, 0.15) is 6.04 Å². The second-order valence-corrected chi connectivity index (χ2v) is 11.5. The smallest absolute Gasteiger partial charge is 0.272 e. The summed E-state index contributed by atoms with van der Waals surface area (Å²) >= 11 is 18.8. The Morgan fingerprint density at radius 3 is 2.21 bits per heavy atom. The lowest BCUT2D eigenvalue weighted by Gasteiger charge is -2.30. The molecule has 0 radical (unpaired) electrons. The van der Waals surface area contributed by atoms with Gasteiger partial charge in [0.25, 0.3) is 5.91 Å².